The van der Waals surface area contributed by atoms with E-state index < -0.39 is 10.0 Å². The average molecular weight is 422 g/mol. The molecule has 0 bridgehead atoms. The van der Waals surface area contributed by atoms with Gasteiger partial charge in [0.2, 0.25) is 10.0 Å². The fraction of sp³-hybridized carbons (Fsp3) is 0.700. The van der Waals surface area contributed by atoms with Gasteiger partial charge in [-0.05, 0) is 50.5 Å². The number of rotatable bonds is 7. The standard InChI is InChI=1S/C20H31N5O3S/c1-24(20-18-9-10-21-19(18)22-14-23-20)16-7-5-15(6-8-16)13-29(26,27)25-11-3-4-17(25)12-28-2/h9-10,14-17H,3-8,11-13H2,1-2H3,(H,21,22,23)/t15?,16?,17-/m1/s1. The maximum Gasteiger partial charge on any atom is 0.214 e. The van der Waals surface area contributed by atoms with Crippen molar-refractivity contribution < 1.29 is 13.2 Å². The molecule has 1 atom stereocenters. The Labute approximate surface area is 172 Å². The van der Waals surface area contributed by atoms with Gasteiger partial charge in [0.15, 0.2) is 0 Å². The molecule has 0 spiro atoms. The van der Waals surface area contributed by atoms with E-state index in [1.807, 2.05) is 12.3 Å². The van der Waals surface area contributed by atoms with Crippen molar-refractivity contribution in [1.29, 1.82) is 0 Å². The van der Waals surface area contributed by atoms with Gasteiger partial charge in [-0.3, -0.25) is 0 Å². The van der Waals surface area contributed by atoms with E-state index in [1.165, 1.54) is 0 Å². The van der Waals surface area contributed by atoms with Crippen LogP contribution in [0.15, 0.2) is 18.6 Å². The summed E-state index contributed by atoms with van der Waals surface area (Å²) < 4.78 is 32.9. The molecular weight excluding hydrogens is 390 g/mol. The summed E-state index contributed by atoms with van der Waals surface area (Å²) in [4.78, 5) is 14.1. The van der Waals surface area contributed by atoms with Crippen molar-refractivity contribution in [3.8, 4) is 0 Å². The Morgan fingerprint density at radius 3 is 2.79 bits per heavy atom. The lowest BCUT2D eigenvalue weighted by Gasteiger charge is -2.36. The zero-order chi connectivity index (χ0) is 20.4. The molecule has 4 rings (SSSR count). The Bertz CT molecular complexity index is 923. The first-order chi connectivity index (χ1) is 14.0. The van der Waals surface area contributed by atoms with Crippen LogP contribution in [0.3, 0.4) is 0 Å². The maximum atomic E-state index is 13.0. The van der Waals surface area contributed by atoms with Gasteiger partial charge in [-0.2, -0.15) is 4.31 Å². The third kappa shape index (κ3) is 4.27. The summed E-state index contributed by atoms with van der Waals surface area (Å²) in [5, 5.41) is 1.03. The van der Waals surface area contributed by atoms with Crippen LogP contribution >= 0.6 is 0 Å². The number of nitrogens with one attached hydrogen (secondary N) is 1. The van der Waals surface area contributed by atoms with Crippen molar-refractivity contribution in [1.82, 2.24) is 19.3 Å². The van der Waals surface area contributed by atoms with Gasteiger partial charge in [0.1, 0.15) is 17.8 Å². The fourth-order valence-electron chi connectivity index (χ4n) is 4.94. The molecule has 1 aliphatic heterocycles. The molecule has 2 fully saturated rings. The summed E-state index contributed by atoms with van der Waals surface area (Å²) in [6, 6.07) is 2.38. The molecule has 0 radical (unpaired) electrons. The number of methoxy groups -OCH3 is 1. The number of sulfonamides is 1. The number of H-pyrrole nitrogens is 1. The molecule has 0 unspecified atom stereocenters. The topological polar surface area (TPSA) is 91.4 Å². The zero-order valence-electron chi connectivity index (χ0n) is 17.2. The van der Waals surface area contributed by atoms with Crippen LogP contribution in [0.4, 0.5) is 5.82 Å². The van der Waals surface area contributed by atoms with E-state index in [4.69, 9.17) is 4.74 Å². The minimum absolute atomic E-state index is 0.00833. The van der Waals surface area contributed by atoms with Crippen LogP contribution in [0.25, 0.3) is 11.0 Å². The number of fused-ring (bicyclic) bond motifs is 1. The van der Waals surface area contributed by atoms with Crippen LogP contribution in [0.1, 0.15) is 38.5 Å². The molecule has 2 aromatic heterocycles. The fourth-order valence-corrected chi connectivity index (χ4v) is 7.09. The zero-order valence-corrected chi connectivity index (χ0v) is 18.1. The first-order valence-corrected chi connectivity index (χ1v) is 12.1. The van der Waals surface area contributed by atoms with Gasteiger partial charge in [0, 0.05) is 39.0 Å². The molecule has 1 saturated carbocycles. The smallest absolute Gasteiger partial charge is 0.214 e. The molecule has 29 heavy (non-hydrogen) atoms. The first kappa shape index (κ1) is 20.6. The molecule has 1 saturated heterocycles. The Balaban J connectivity index is 1.36. The summed E-state index contributed by atoms with van der Waals surface area (Å²) in [5.74, 6) is 1.43. The van der Waals surface area contributed by atoms with Gasteiger partial charge in [0.25, 0.3) is 0 Å². The number of anilines is 1. The van der Waals surface area contributed by atoms with E-state index in [2.05, 4.69) is 26.9 Å². The van der Waals surface area contributed by atoms with E-state index in [9.17, 15) is 8.42 Å². The van der Waals surface area contributed by atoms with Gasteiger partial charge in [0.05, 0.1) is 17.7 Å². The molecule has 3 heterocycles. The van der Waals surface area contributed by atoms with Crippen molar-refractivity contribution >= 4 is 26.9 Å². The molecule has 1 aliphatic carbocycles. The number of aromatic nitrogens is 3. The normalized spacial score (nSPS) is 26.2. The number of hydrogen-bond donors (Lipinski definition) is 1. The van der Waals surface area contributed by atoms with Gasteiger partial charge in [-0.1, -0.05) is 0 Å². The van der Waals surface area contributed by atoms with Crippen LogP contribution in [-0.2, 0) is 14.8 Å². The van der Waals surface area contributed by atoms with Crippen LogP contribution in [-0.4, -0.2) is 72.8 Å². The van der Waals surface area contributed by atoms with Crippen molar-refractivity contribution in [3.05, 3.63) is 18.6 Å². The van der Waals surface area contributed by atoms with Gasteiger partial charge < -0.3 is 14.6 Å². The quantitative estimate of drug-likeness (QED) is 0.738. The molecule has 1 N–H and O–H groups in total. The van der Waals surface area contributed by atoms with E-state index in [1.54, 1.807) is 17.7 Å². The Morgan fingerprint density at radius 2 is 2.03 bits per heavy atom. The predicted octanol–water partition coefficient (Wildman–Crippen LogP) is 2.39. The lowest BCUT2D eigenvalue weighted by Crippen LogP contribution is -2.42. The van der Waals surface area contributed by atoms with E-state index in [0.717, 1.165) is 55.4 Å². The summed E-state index contributed by atoms with van der Waals surface area (Å²) in [7, 11) is 0.491. The average Bonchev–Trinajstić information content (AvgIpc) is 3.37. The molecule has 160 valence electrons. The number of hydrogen-bond acceptors (Lipinski definition) is 6. The third-order valence-corrected chi connectivity index (χ3v) is 8.60. The number of nitrogens with zero attached hydrogens (tertiary/aromatic N) is 4. The maximum absolute atomic E-state index is 13.0. The van der Waals surface area contributed by atoms with Gasteiger partial charge in [-0.15, -0.1) is 0 Å². The van der Waals surface area contributed by atoms with Gasteiger partial charge >= 0.3 is 0 Å². The molecule has 8 nitrogen and oxygen atoms in total. The van der Waals surface area contributed by atoms with Crippen LogP contribution < -0.4 is 4.90 Å². The highest BCUT2D eigenvalue weighted by molar-refractivity contribution is 7.89. The first-order valence-electron chi connectivity index (χ1n) is 10.5. The van der Waals surface area contributed by atoms with Crippen molar-refractivity contribution in [3.63, 3.8) is 0 Å². The van der Waals surface area contributed by atoms with E-state index in [-0.39, 0.29) is 17.7 Å². The lowest BCUT2D eigenvalue weighted by atomic mass is 9.86. The lowest BCUT2D eigenvalue weighted by molar-refractivity contribution is 0.148. The monoisotopic (exact) mass is 421 g/mol. The van der Waals surface area contributed by atoms with Crippen LogP contribution in [0, 0.1) is 5.92 Å². The van der Waals surface area contributed by atoms with Gasteiger partial charge in [-0.25, -0.2) is 18.4 Å². The van der Waals surface area contributed by atoms with Crippen molar-refractivity contribution in [2.75, 3.05) is 38.0 Å². The summed E-state index contributed by atoms with van der Waals surface area (Å²) in [6.45, 7) is 1.12. The van der Waals surface area contributed by atoms with E-state index >= 15 is 0 Å². The second-order valence-electron chi connectivity index (χ2n) is 8.36. The highest BCUT2D eigenvalue weighted by Gasteiger charge is 2.36. The molecular formula is C20H31N5O3S. The minimum Gasteiger partial charge on any atom is -0.383 e. The predicted molar refractivity (Wildman–Crippen MR) is 113 cm³/mol. The Kier molecular flexibility index (Phi) is 6.08. The summed E-state index contributed by atoms with van der Waals surface area (Å²) in [5.41, 5.74) is 0.845. The molecule has 0 amide bonds. The molecule has 2 aromatic rings. The third-order valence-electron chi connectivity index (χ3n) is 6.52. The highest BCUT2D eigenvalue weighted by Crippen LogP contribution is 2.33. The number of ether oxygens (including phenoxy) is 1. The van der Waals surface area contributed by atoms with Crippen LogP contribution in [0.2, 0.25) is 0 Å². The van der Waals surface area contributed by atoms with E-state index in [0.29, 0.717) is 19.2 Å². The second kappa shape index (κ2) is 8.57. The minimum atomic E-state index is -3.23. The second-order valence-corrected chi connectivity index (χ2v) is 10.3. The molecule has 9 heteroatoms. The molecule has 2 aliphatic rings. The largest absolute Gasteiger partial charge is 0.383 e. The summed E-state index contributed by atoms with van der Waals surface area (Å²) >= 11 is 0. The highest BCUT2D eigenvalue weighted by atomic mass is 32.2. The van der Waals surface area contributed by atoms with Crippen molar-refractivity contribution in [2.45, 2.75) is 50.6 Å². The van der Waals surface area contributed by atoms with Crippen molar-refractivity contribution in [2.24, 2.45) is 5.92 Å². The van der Waals surface area contributed by atoms with Crippen LogP contribution in [0.5, 0.6) is 0 Å². The SMILES string of the molecule is COC[C@H]1CCCN1S(=O)(=O)CC1CCC(N(C)c2ncnc3[nH]ccc23)CC1. The Morgan fingerprint density at radius 1 is 1.24 bits per heavy atom. The number of aromatic amines is 1. The summed E-state index contributed by atoms with van der Waals surface area (Å²) in [6.07, 6.45) is 9.12. The molecule has 0 aromatic carbocycles. The Hall–Kier alpha value is -1.71.